The number of nitro groups is 1. The number of hydrogen-bond acceptors (Lipinski definition) is 5. The molecule has 2 aromatic rings. The zero-order valence-electron chi connectivity index (χ0n) is 11.8. The van der Waals surface area contributed by atoms with Gasteiger partial charge in [-0.1, -0.05) is 33.0 Å². The lowest BCUT2D eigenvalue weighted by Crippen LogP contribution is -2.36. The van der Waals surface area contributed by atoms with E-state index in [-0.39, 0.29) is 18.5 Å². The van der Waals surface area contributed by atoms with E-state index >= 15 is 0 Å². The van der Waals surface area contributed by atoms with Gasteiger partial charge >= 0.3 is 5.95 Å². The van der Waals surface area contributed by atoms with Crippen molar-refractivity contribution in [2.75, 3.05) is 0 Å². The van der Waals surface area contributed by atoms with Crippen LogP contribution in [-0.2, 0) is 17.8 Å². The van der Waals surface area contributed by atoms with E-state index in [2.05, 4.69) is 31.3 Å². The lowest BCUT2D eigenvalue weighted by molar-refractivity contribution is -0.394. The second-order valence-electron chi connectivity index (χ2n) is 4.80. The molecule has 8 nitrogen and oxygen atoms in total. The molecule has 2 rings (SSSR count). The average Bonchev–Trinajstić information content (AvgIpc) is 2.89. The summed E-state index contributed by atoms with van der Waals surface area (Å²) in [6.07, 6.45) is 1.85. The van der Waals surface area contributed by atoms with Crippen LogP contribution in [0.25, 0.3) is 0 Å². The predicted molar refractivity (Wildman–Crippen MR) is 82.1 cm³/mol. The Morgan fingerprint density at radius 2 is 2.14 bits per heavy atom. The Balaban J connectivity index is 1.85. The maximum atomic E-state index is 11.9. The van der Waals surface area contributed by atoms with Gasteiger partial charge < -0.3 is 15.4 Å². The highest BCUT2D eigenvalue weighted by molar-refractivity contribution is 9.10. The van der Waals surface area contributed by atoms with E-state index in [1.807, 2.05) is 31.2 Å². The number of nitrogens with zero attached hydrogens (tertiary/aromatic N) is 4. The molecular weight excluding hydrogens is 354 g/mol. The molecule has 0 radical (unpaired) electrons. The molecule has 0 bridgehead atoms. The van der Waals surface area contributed by atoms with Gasteiger partial charge in [0.25, 0.3) is 0 Å². The molecule has 9 heteroatoms. The number of hydrogen-bond donors (Lipinski definition) is 1. The summed E-state index contributed by atoms with van der Waals surface area (Å²) in [5, 5.41) is 16.9. The van der Waals surface area contributed by atoms with Crippen molar-refractivity contribution in [2.24, 2.45) is 0 Å². The van der Waals surface area contributed by atoms with Gasteiger partial charge in [-0.05, 0) is 36.0 Å². The SMILES string of the molecule is C[C@H](Cc1ccc(Br)cc1)NC(=O)Cn1cnc([N+](=O)[O-])n1. The molecule has 1 atom stereocenters. The summed E-state index contributed by atoms with van der Waals surface area (Å²) in [5.41, 5.74) is 1.10. The van der Waals surface area contributed by atoms with E-state index in [9.17, 15) is 14.9 Å². The third kappa shape index (κ3) is 4.62. The number of aromatic nitrogens is 3. The van der Waals surface area contributed by atoms with Gasteiger partial charge in [0.15, 0.2) is 0 Å². The molecule has 22 heavy (non-hydrogen) atoms. The van der Waals surface area contributed by atoms with Crippen molar-refractivity contribution < 1.29 is 9.72 Å². The van der Waals surface area contributed by atoms with Crippen LogP contribution in [0.3, 0.4) is 0 Å². The molecule has 1 amide bonds. The highest BCUT2D eigenvalue weighted by atomic mass is 79.9. The Hall–Kier alpha value is -2.29. The van der Waals surface area contributed by atoms with Crippen molar-refractivity contribution in [3.8, 4) is 0 Å². The second-order valence-corrected chi connectivity index (χ2v) is 5.71. The Morgan fingerprint density at radius 1 is 1.45 bits per heavy atom. The lowest BCUT2D eigenvalue weighted by Gasteiger charge is -2.13. The highest BCUT2D eigenvalue weighted by Gasteiger charge is 2.16. The van der Waals surface area contributed by atoms with E-state index in [1.165, 1.54) is 0 Å². The van der Waals surface area contributed by atoms with Crippen LogP contribution in [0.2, 0.25) is 0 Å². The lowest BCUT2D eigenvalue weighted by atomic mass is 10.1. The zero-order chi connectivity index (χ0) is 16.1. The molecule has 0 aliphatic heterocycles. The van der Waals surface area contributed by atoms with Crippen LogP contribution in [-0.4, -0.2) is 31.6 Å². The smallest absolute Gasteiger partial charge is 0.390 e. The summed E-state index contributed by atoms with van der Waals surface area (Å²) >= 11 is 3.37. The van der Waals surface area contributed by atoms with Crippen molar-refractivity contribution in [1.29, 1.82) is 0 Å². The van der Waals surface area contributed by atoms with Crippen LogP contribution in [0.15, 0.2) is 35.1 Å². The minimum atomic E-state index is -0.704. The molecule has 0 saturated heterocycles. The number of amides is 1. The van der Waals surface area contributed by atoms with Gasteiger partial charge in [0.05, 0.1) is 0 Å². The molecule has 1 heterocycles. The van der Waals surface area contributed by atoms with Gasteiger partial charge in [-0.3, -0.25) is 4.79 Å². The number of rotatable bonds is 6. The predicted octanol–water partition coefficient (Wildman–Crippen LogP) is 1.70. The first-order valence-corrected chi connectivity index (χ1v) is 7.31. The number of carbonyl (C=O) groups excluding carboxylic acids is 1. The molecule has 1 N–H and O–H groups in total. The summed E-state index contributed by atoms with van der Waals surface area (Å²) in [4.78, 5) is 25.1. The number of nitrogens with one attached hydrogen (secondary N) is 1. The van der Waals surface area contributed by atoms with E-state index in [0.29, 0.717) is 6.42 Å². The Bertz CT molecular complexity index is 671. The summed E-state index contributed by atoms with van der Waals surface area (Å²) in [6, 6.07) is 7.78. The largest absolute Gasteiger partial charge is 0.490 e. The first-order chi connectivity index (χ1) is 10.4. The van der Waals surface area contributed by atoms with E-state index in [0.717, 1.165) is 21.0 Å². The molecule has 1 aromatic heterocycles. The number of halogens is 1. The van der Waals surface area contributed by atoms with Crippen molar-refractivity contribution in [3.63, 3.8) is 0 Å². The van der Waals surface area contributed by atoms with Gasteiger partial charge in [0.1, 0.15) is 6.54 Å². The minimum Gasteiger partial charge on any atom is -0.390 e. The number of benzene rings is 1. The van der Waals surface area contributed by atoms with Crippen LogP contribution in [0.4, 0.5) is 5.95 Å². The highest BCUT2D eigenvalue weighted by Crippen LogP contribution is 2.11. The van der Waals surface area contributed by atoms with Crippen LogP contribution >= 0.6 is 15.9 Å². The summed E-state index contributed by atoms with van der Waals surface area (Å²) in [6.45, 7) is 1.79. The van der Waals surface area contributed by atoms with E-state index < -0.39 is 10.9 Å². The third-order valence-corrected chi connectivity index (χ3v) is 3.38. The minimum absolute atomic E-state index is 0.0628. The molecular formula is C13H14BrN5O3. The van der Waals surface area contributed by atoms with E-state index in [1.54, 1.807) is 0 Å². The quantitative estimate of drug-likeness (QED) is 0.618. The van der Waals surface area contributed by atoms with Crippen LogP contribution < -0.4 is 5.32 Å². The summed E-state index contributed by atoms with van der Waals surface area (Å²) in [5.74, 6) is -0.792. The van der Waals surface area contributed by atoms with Gasteiger partial charge in [0, 0.05) is 15.6 Å². The zero-order valence-corrected chi connectivity index (χ0v) is 13.4. The Kier molecular flexibility index (Phi) is 5.21. The first kappa shape index (κ1) is 16.1. The van der Waals surface area contributed by atoms with Gasteiger partial charge in [-0.15, -0.1) is 0 Å². The molecule has 116 valence electrons. The van der Waals surface area contributed by atoms with Crippen LogP contribution in [0.5, 0.6) is 0 Å². The molecule has 1 aromatic carbocycles. The maximum Gasteiger partial charge on any atom is 0.490 e. The number of carbonyl (C=O) groups is 1. The van der Waals surface area contributed by atoms with Gasteiger partial charge in [-0.25, -0.2) is 0 Å². The molecule has 0 unspecified atom stereocenters. The third-order valence-electron chi connectivity index (χ3n) is 2.86. The van der Waals surface area contributed by atoms with Crippen molar-refractivity contribution >= 4 is 27.8 Å². The fraction of sp³-hybridized carbons (Fsp3) is 0.308. The fourth-order valence-corrected chi connectivity index (χ4v) is 2.20. The Labute approximate surface area is 134 Å². The molecule has 0 fully saturated rings. The van der Waals surface area contributed by atoms with Crippen molar-refractivity contribution in [2.45, 2.75) is 25.9 Å². The van der Waals surface area contributed by atoms with Gasteiger partial charge in [0.2, 0.25) is 12.2 Å². The normalized spacial score (nSPS) is 11.9. The monoisotopic (exact) mass is 367 g/mol. The molecule has 0 aliphatic carbocycles. The topological polar surface area (TPSA) is 103 Å². The summed E-state index contributed by atoms with van der Waals surface area (Å²) < 4.78 is 2.14. The van der Waals surface area contributed by atoms with Crippen molar-refractivity contribution in [1.82, 2.24) is 20.1 Å². The maximum absolute atomic E-state index is 11.9. The molecule has 0 aliphatic rings. The van der Waals surface area contributed by atoms with Crippen LogP contribution in [0, 0.1) is 10.1 Å². The summed E-state index contributed by atoms with van der Waals surface area (Å²) in [7, 11) is 0. The average molecular weight is 368 g/mol. The van der Waals surface area contributed by atoms with Gasteiger partial charge in [-0.2, -0.15) is 4.68 Å². The van der Waals surface area contributed by atoms with E-state index in [4.69, 9.17) is 0 Å². The standard InChI is InChI=1S/C13H14BrN5O3/c1-9(6-10-2-4-11(14)5-3-10)16-12(20)7-18-8-15-13(17-18)19(21)22/h2-5,8-9H,6-7H2,1H3,(H,16,20)/t9-/m1/s1. The Morgan fingerprint density at radius 3 is 2.73 bits per heavy atom. The first-order valence-electron chi connectivity index (χ1n) is 6.51. The fourth-order valence-electron chi connectivity index (χ4n) is 1.94. The van der Waals surface area contributed by atoms with Crippen LogP contribution in [0.1, 0.15) is 12.5 Å². The molecule has 0 saturated carbocycles. The van der Waals surface area contributed by atoms with Crippen molar-refractivity contribution in [3.05, 3.63) is 50.7 Å². The molecule has 0 spiro atoms. The second kappa shape index (κ2) is 7.12.